The first-order valence-corrected chi connectivity index (χ1v) is 13.2. The fourth-order valence-corrected chi connectivity index (χ4v) is 9.17. The van der Waals surface area contributed by atoms with Crippen molar-refractivity contribution in [2.45, 2.75) is 23.7 Å². The maximum atomic E-state index is 14.8. The van der Waals surface area contributed by atoms with Crippen LogP contribution >= 0.6 is 0 Å². The van der Waals surface area contributed by atoms with Crippen molar-refractivity contribution in [3.63, 3.8) is 0 Å². The summed E-state index contributed by atoms with van der Waals surface area (Å²) in [6.45, 7) is 0. The monoisotopic (exact) mass is 464 g/mol. The number of hydrogen-bond acceptors (Lipinski definition) is 2. The Bertz CT molecular complexity index is 1310. The van der Waals surface area contributed by atoms with Gasteiger partial charge in [0, 0.05) is 47.3 Å². The van der Waals surface area contributed by atoms with Crippen molar-refractivity contribution in [3.8, 4) is 0 Å². The number of benzene rings is 4. The molecular formula is C34H24O2. The van der Waals surface area contributed by atoms with Crippen LogP contribution in [-0.2, 0) is 9.59 Å². The molecular weight excluding hydrogens is 440 g/mol. The van der Waals surface area contributed by atoms with E-state index in [1.54, 1.807) is 0 Å². The highest BCUT2D eigenvalue weighted by molar-refractivity contribution is 6.05. The quantitative estimate of drug-likeness (QED) is 0.311. The van der Waals surface area contributed by atoms with E-state index in [9.17, 15) is 9.59 Å². The van der Waals surface area contributed by atoms with Crippen LogP contribution in [0.15, 0.2) is 97.1 Å². The zero-order chi connectivity index (χ0) is 23.7. The van der Waals surface area contributed by atoms with E-state index in [2.05, 4.69) is 97.1 Å². The van der Waals surface area contributed by atoms with Gasteiger partial charge in [0.2, 0.25) is 0 Å². The number of Topliss-reactive ketones (excluding diaryl/α,β-unsaturated/α-hetero) is 2. The highest BCUT2D eigenvalue weighted by atomic mass is 16.1. The smallest absolute Gasteiger partial charge is 0.142 e. The van der Waals surface area contributed by atoms with Crippen LogP contribution < -0.4 is 0 Å². The summed E-state index contributed by atoms with van der Waals surface area (Å²) in [6.07, 6.45) is 0. The van der Waals surface area contributed by atoms with Crippen LogP contribution in [0, 0.1) is 23.7 Å². The summed E-state index contributed by atoms with van der Waals surface area (Å²) in [5, 5.41) is 0. The van der Waals surface area contributed by atoms with Gasteiger partial charge in [0.1, 0.15) is 11.6 Å². The number of ketones is 2. The molecule has 2 heteroatoms. The molecule has 0 heterocycles. The lowest BCUT2D eigenvalue weighted by atomic mass is 9.42. The molecule has 1 saturated carbocycles. The first-order valence-electron chi connectivity index (χ1n) is 13.2. The summed E-state index contributed by atoms with van der Waals surface area (Å²) in [5.41, 5.74) is 10.0. The Morgan fingerprint density at radius 1 is 0.306 bits per heavy atom. The molecule has 0 aliphatic heterocycles. The molecule has 11 rings (SSSR count). The van der Waals surface area contributed by atoms with Gasteiger partial charge in [-0.25, -0.2) is 0 Å². The van der Waals surface area contributed by atoms with Crippen molar-refractivity contribution < 1.29 is 9.59 Å². The number of hydrogen-bond donors (Lipinski definition) is 0. The summed E-state index contributed by atoms with van der Waals surface area (Å²) in [6, 6.07) is 34.3. The maximum Gasteiger partial charge on any atom is 0.142 e. The molecule has 7 aliphatic carbocycles. The van der Waals surface area contributed by atoms with Gasteiger partial charge in [-0.15, -0.1) is 0 Å². The topological polar surface area (TPSA) is 34.1 Å². The molecule has 0 unspecified atom stereocenters. The SMILES string of the molecule is O=C1[C@@H]2C3c4ccccc4C(c4ccccc43)[C@H]2C(=O)[C@@H]2C3c4ccccc4C(c4ccccc43)[C@@H]12. The third kappa shape index (κ3) is 2.05. The van der Waals surface area contributed by atoms with Crippen LogP contribution in [0.2, 0.25) is 0 Å². The Kier molecular flexibility index (Phi) is 3.51. The molecule has 2 nitrogen and oxygen atoms in total. The fourth-order valence-electron chi connectivity index (χ4n) is 9.17. The lowest BCUT2D eigenvalue weighted by molar-refractivity contribution is -0.152. The molecule has 1 fully saturated rings. The number of carbonyl (C=O) groups is 2. The first kappa shape index (κ1) is 19.4. The molecule has 0 spiro atoms. The van der Waals surface area contributed by atoms with Crippen LogP contribution in [-0.4, -0.2) is 11.6 Å². The van der Waals surface area contributed by atoms with Crippen molar-refractivity contribution in [1.82, 2.24) is 0 Å². The second-order valence-electron chi connectivity index (χ2n) is 11.3. The summed E-state index contributed by atoms with van der Waals surface area (Å²) in [4.78, 5) is 29.6. The molecule has 0 aromatic heterocycles. The van der Waals surface area contributed by atoms with Crippen molar-refractivity contribution in [3.05, 3.63) is 142 Å². The normalized spacial score (nSPS) is 33.7. The molecule has 0 amide bonds. The fraction of sp³-hybridized carbons (Fsp3) is 0.235. The highest BCUT2D eigenvalue weighted by Crippen LogP contribution is 2.67. The minimum Gasteiger partial charge on any atom is -0.299 e. The second-order valence-corrected chi connectivity index (χ2v) is 11.3. The van der Waals surface area contributed by atoms with Gasteiger partial charge >= 0.3 is 0 Å². The van der Waals surface area contributed by atoms with Crippen molar-refractivity contribution in [1.29, 1.82) is 0 Å². The summed E-state index contributed by atoms with van der Waals surface area (Å²) in [7, 11) is 0. The Balaban J connectivity index is 1.32. The Morgan fingerprint density at radius 2 is 0.472 bits per heavy atom. The Labute approximate surface area is 210 Å². The van der Waals surface area contributed by atoms with E-state index in [0.717, 1.165) is 0 Å². The van der Waals surface area contributed by atoms with Crippen LogP contribution in [0.4, 0.5) is 0 Å². The molecule has 4 aromatic rings. The van der Waals surface area contributed by atoms with Gasteiger partial charge in [-0.1, -0.05) is 97.1 Å². The van der Waals surface area contributed by atoms with Crippen molar-refractivity contribution in [2.24, 2.45) is 23.7 Å². The first-order chi connectivity index (χ1) is 17.8. The molecule has 4 bridgehead atoms. The van der Waals surface area contributed by atoms with Gasteiger partial charge in [-0.05, 0) is 44.5 Å². The second kappa shape index (κ2) is 6.50. The van der Waals surface area contributed by atoms with E-state index in [1.807, 2.05) is 0 Å². The minimum absolute atomic E-state index is 0.0317. The third-order valence-corrected chi connectivity index (χ3v) is 10.2. The zero-order valence-corrected chi connectivity index (χ0v) is 19.7. The molecule has 7 aliphatic rings. The van der Waals surface area contributed by atoms with E-state index in [4.69, 9.17) is 0 Å². The van der Waals surface area contributed by atoms with Gasteiger partial charge in [0.15, 0.2) is 0 Å². The molecule has 4 aromatic carbocycles. The van der Waals surface area contributed by atoms with E-state index in [0.29, 0.717) is 11.6 Å². The van der Waals surface area contributed by atoms with Crippen LogP contribution in [0.5, 0.6) is 0 Å². The zero-order valence-electron chi connectivity index (χ0n) is 19.7. The standard InChI is InChI=1S/C34H24O2/c35-33-29-25-17-9-1-2-10-18(17)26(20-12-4-3-11-19(20)25)30(29)34(36)32-28-23-15-7-5-13-21(23)27(31(32)33)22-14-6-8-16-24(22)28/h1-16,25-32H/t25?,26?,27?,28?,29-,30-,31-,32-/m1/s1. The van der Waals surface area contributed by atoms with E-state index >= 15 is 0 Å². The molecule has 172 valence electrons. The lowest BCUT2D eigenvalue weighted by Gasteiger charge is -2.59. The Morgan fingerprint density at radius 3 is 0.639 bits per heavy atom. The molecule has 0 radical (unpaired) electrons. The Hall–Kier alpha value is -3.78. The average molecular weight is 465 g/mol. The summed E-state index contributed by atoms with van der Waals surface area (Å²) >= 11 is 0. The molecule has 36 heavy (non-hydrogen) atoms. The summed E-state index contributed by atoms with van der Waals surface area (Å²) in [5.74, 6) is -0.568. The third-order valence-electron chi connectivity index (χ3n) is 10.2. The van der Waals surface area contributed by atoms with Gasteiger partial charge < -0.3 is 0 Å². The van der Waals surface area contributed by atoms with E-state index in [-0.39, 0.29) is 47.3 Å². The lowest BCUT2D eigenvalue weighted by Crippen LogP contribution is -2.60. The molecule has 0 saturated heterocycles. The van der Waals surface area contributed by atoms with Crippen molar-refractivity contribution >= 4 is 11.6 Å². The average Bonchev–Trinajstić information content (AvgIpc) is 2.95. The predicted octanol–water partition coefficient (Wildman–Crippen LogP) is 6.19. The van der Waals surface area contributed by atoms with Gasteiger partial charge in [0.05, 0.1) is 0 Å². The number of rotatable bonds is 0. The maximum absolute atomic E-state index is 14.8. The molecule has 0 N–H and O–H groups in total. The molecule has 4 atom stereocenters. The van der Waals surface area contributed by atoms with Gasteiger partial charge in [0.25, 0.3) is 0 Å². The van der Waals surface area contributed by atoms with Crippen LogP contribution in [0.25, 0.3) is 0 Å². The van der Waals surface area contributed by atoms with Crippen molar-refractivity contribution in [2.75, 3.05) is 0 Å². The van der Waals surface area contributed by atoms with Crippen LogP contribution in [0.1, 0.15) is 68.2 Å². The van der Waals surface area contributed by atoms with E-state index in [1.165, 1.54) is 44.5 Å². The van der Waals surface area contributed by atoms with Crippen LogP contribution in [0.3, 0.4) is 0 Å². The number of carbonyl (C=O) groups excluding carboxylic acids is 2. The predicted molar refractivity (Wildman–Crippen MR) is 137 cm³/mol. The minimum atomic E-state index is -0.271. The van der Waals surface area contributed by atoms with E-state index < -0.39 is 0 Å². The highest BCUT2D eigenvalue weighted by Gasteiger charge is 2.66. The van der Waals surface area contributed by atoms with Gasteiger partial charge in [-0.2, -0.15) is 0 Å². The largest absolute Gasteiger partial charge is 0.299 e. The summed E-state index contributed by atoms with van der Waals surface area (Å²) < 4.78 is 0. The van der Waals surface area contributed by atoms with Gasteiger partial charge in [-0.3, -0.25) is 9.59 Å².